The minimum atomic E-state index is -4.10. The Morgan fingerprint density at radius 3 is 2.72 bits per heavy atom. The topological polar surface area (TPSA) is 231 Å². The van der Waals surface area contributed by atoms with Gasteiger partial charge >= 0.3 is 6.09 Å². The number of ether oxygens (including phenoxy) is 1. The van der Waals surface area contributed by atoms with E-state index in [0.29, 0.717) is 29.3 Å². The van der Waals surface area contributed by atoms with Crippen LogP contribution in [0.5, 0.6) is 0 Å². The first kappa shape index (κ1) is 32.1. The van der Waals surface area contributed by atoms with Crippen LogP contribution in [0.25, 0.3) is 10.8 Å². The molecule has 4 heterocycles. The summed E-state index contributed by atoms with van der Waals surface area (Å²) in [6.07, 6.45) is -0.160. The Morgan fingerprint density at radius 1 is 1.17 bits per heavy atom. The number of fused-ring (bicyclic) bond motifs is 2. The molecule has 0 radical (unpaired) electrons. The summed E-state index contributed by atoms with van der Waals surface area (Å²) in [4.78, 5) is 49.4. The lowest BCUT2D eigenvalue weighted by Gasteiger charge is -2.39. The van der Waals surface area contributed by atoms with E-state index in [2.05, 4.69) is 46.0 Å². The number of H-pyrrole nitrogens is 1. The summed E-state index contributed by atoms with van der Waals surface area (Å²) in [5.41, 5.74) is 7.23. The van der Waals surface area contributed by atoms with Crippen molar-refractivity contribution in [3.8, 4) is 0 Å². The zero-order valence-corrected chi connectivity index (χ0v) is 27.0. The number of nitrogens with two attached hydrogens (primary N) is 1. The fourth-order valence-corrected chi connectivity index (χ4v) is 7.88. The highest BCUT2D eigenvalue weighted by atomic mass is 32.2. The maximum absolute atomic E-state index is 13.9. The number of amidine groups is 1. The fourth-order valence-electron chi connectivity index (χ4n) is 5.41. The average molecular weight is 682 g/mol. The van der Waals surface area contributed by atoms with Gasteiger partial charge in [0.2, 0.25) is 15.9 Å². The third-order valence-electron chi connectivity index (χ3n) is 7.92. The maximum atomic E-state index is 13.9. The number of sulfonamides is 1. The van der Waals surface area contributed by atoms with Crippen LogP contribution in [-0.2, 0) is 39.1 Å². The van der Waals surface area contributed by atoms with Gasteiger partial charge in [-0.1, -0.05) is 23.4 Å². The Kier molecular flexibility index (Phi) is 8.95. The molecule has 2 unspecified atom stereocenters. The number of aromatic amines is 1. The molecule has 1 saturated heterocycles. The SMILES string of the molecule is COC(=O)/N=C(/N)c1ccc2cc(S(=O)(=O)N3CCN(C(=O)c4nc5c(s4)CNC(C)C5)C(C(=O)NCc4nn[nH]n4)C3)ccc2c1. The summed E-state index contributed by atoms with van der Waals surface area (Å²) < 4.78 is 33.6. The molecular weight excluding hydrogens is 651 g/mol. The number of carbonyl (C=O) groups excluding carboxylic acids is 3. The molecule has 5 N–H and O–H groups in total. The number of rotatable bonds is 7. The quantitative estimate of drug-likeness (QED) is 0.151. The van der Waals surface area contributed by atoms with E-state index in [4.69, 9.17) is 5.73 Å². The molecule has 2 aliphatic heterocycles. The standard InChI is InChI=1S/C28H31N11O6S2/c1-15-9-20-22(12-30-15)46-26(32-20)27(41)39-8-7-38(14-21(39)25(40)31-13-23-34-36-37-35-23)47(43,44)19-6-5-16-10-18(4-3-17(16)11-19)24(29)33-28(42)45-2/h3-6,10-11,15,21,30H,7-9,12-14H2,1-2H3,(H,31,40)(H2,29,33,42)(H,34,35,36,37). The molecule has 246 valence electrons. The first-order chi connectivity index (χ1) is 22.5. The molecule has 0 spiro atoms. The number of nitrogens with one attached hydrogen (secondary N) is 3. The molecule has 1 fully saturated rings. The molecule has 0 bridgehead atoms. The van der Waals surface area contributed by atoms with Crippen LogP contribution in [0.15, 0.2) is 46.3 Å². The molecule has 17 nitrogen and oxygen atoms in total. The van der Waals surface area contributed by atoms with E-state index < -0.39 is 34.0 Å². The molecule has 6 rings (SSSR count). The van der Waals surface area contributed by atoms with Crippen molar-refractivity contribution in [1.29, 1.82) is 0 Å². The summed E-state index contributed by atoms with van der Waals surface area (Å²) in [5, 5.41) is 21.0. The molecular formula is C28H31N11O6S2. The summed E-state index contributed by atoms with van der Waals surface area (Å²) >= 11 is 1.28. The number of benzene rings is 2. The van der Waals surface area contributed by atoms with Gasteiger partial charge in [-0.2, -0.15) is 14.5 Å². The molecule has 0 aliphatic carbocycles. The van der Waals surface area contributed by atoms with Crippen LogP contribution in [0.1, 0.15) is 38.7 Å². The molecule has 2 aromatic heterocycles. The number of hydrogen-bond acceptors (Lipinski definition) is 12. The third-order valence-corrected chi connectivity index (χ3v) is 10.9. The Hall–Kier alpha value is -4.85. The van der Waals surface area contributed by atoms with Gasteiger partial charge in [-0.05, 0) is 35.9 Å². The minimum Gasteiger partial charge on any atom is -0.451 e. The lowest BCUT2D eigenvalue weighted by atomic mass is 10.1. The van der Waals surface area contributed by atoms with Crippen molar-refractivity contribution in [2.24, 2.45) is 10.7 Å². The molecule has 0 saturated carbocycles. The molecule has 19 heteroatoms. The molecule has 4 aromatic rings. The summed E-state index contributed by atoms with van der Waals surface area (Å²) in [7, 11) is -2.91. The first-order valence-corrected chi connectivity index (χ1v) is 16.8. The highest BCUT2D eigenvalue weighted by molar-refractivity contribution is 7.89. The van der Waals surface area contributed by atoms with Gasteiger partial charge in [0.1, 0.15) is 11.9 Å². The van der Waals surface area contributed by atoms with Crippen LogP contribution in [-0.4, -0.2) is 106 Å². The second-order valence-corrected chi connectivity index (χ2v) is 14.0. The van der Waals surface area contributed by atoms with E-state index in [0.717, 1.165) is 10.6 Å². The number of carbonyl (C=O) groups is 3. The smallest absolute Gasteiger partial charge is 0.435 e. The zero-order chi connectivity index (χ0) is 33.3. The first-order valence-electron chi connectivity index (χ1n) is 14.5. The van der Waals surface area contributed by atoms with Crippen LogP contribution < -0.4 is 16.4 Å². The van der Waals surface area contributed by atoms with Crippen molar-refractivity contribution in [3.63, 3.8) is 0 Å². The van der Waals surface area contributed by atoms with E-state index in [1.807, 2.05) is 6.92 Å². The number of amides is 3. The summed E-state index contributed by atoms with van der Waals surface area (Å²) in [6.45, 7) is 2.21. The fraction of sp³-hybridized carbons (Fsp3) is 0.357. The maximum Gasteiger partial charge on any atom is 0.435 e. The van der Waals surface area contributed by atoms with Crippen LogP contribution in [0.4, 0.5) is 4.79 Å². The second-order valence-electron chi connectivity index (χ2n) is 11.0. The van der Waals surface area contributed by atoms with Gasteiger partial charge in [0.15, 0.2) is 10.8 Å². The van der Waals surface area contributed by atoms with Crippen molar-refractivity contribution in [2.45, 2.75) is 43.4 Å². The van der Waals surface area contributed by atoms with E-state index in [1.54, 1.807) is 24.3 Å². The average Bonchev–Trinajstić information content (AvgIpc) is 3.76. The largest absolute Gasteiger partial charge is 0.451 e. The van der Waals surface area contributed by atoms with E-state index in [9.17, 15) is 22.8 Å². The number of tetrazole rings is 1. The van der Waals surface area contributed by atoms with Crippen LogP contribution >= 0.6 is 11.3 Å². The number of thiazole rings is 1. The highest BCUT2D eigenvalue weighted by Crippen LogP contribution is 2.28. The van der Waals surface area contributed by atoms with Gasteiger partial charge in [0.05, 0.1) is 24.2 Å². The van der Waals surface area contributed by atoms with E-state index >= 15 is 0 Å². The van der Waals surface area contributed by atoms with Gasteiger partial charge in [-0.15, -0.1) is 21.5 Å². The molecule has 2 aliphatic rings. The lowest BCUT2D eigenvalue weighted by molar-refractivity contribution is -0.127. The number of aromatic nitrogens is 5. The normalized spacial score (nSPS) is 18.9. The zero-order valence-electron chi connectivity index (χ0n) is 25.3. The predicted molar refractivity (Wildman–Crippen MR) is 169 cm³/mol. The summed E-state index contributed by atoms with van der Waals surface area (Å²) in [5.74, 6) is -0.832. The van der Waals surface area contributed by atoms with Crippen LogP contribution in [0.2, 0.25) is 0 Å². The molecule has 47 heavy (non-hydrogen) atoms. The molecule has 2 atom stereocenters. The van der Waals surface area contributed by atoms with E-state index in [1.165, 1.54) is 39.8 Å². The van der Waals surface area contributed by atoms with E-state index in [-0.39, 0.29) is 53.8 Å². The highest BCUT2D eigenvalue weighted by Gasteiger charge is 2.41. The van der Waals surface area contributed by atoms with Crippen molar-refractivity contribution in [3.05, 3.63) is 63.4 Å². The summed E-state index contributed by atoms with van der Waals surface area (Å²) in [6, 6.07) is 8.60. The number of hydrogen-bond donors (Lipinski definition) is 4. The van der Waals surface area contributed by atoms with Crippen molar-refractivity contribution in [1.82, 2.24) is 45.4 Å². The van der Waals surface area contributed by atoms with Crippen LogP contribution in [0.3, 0.4) is 0 Å². The monoisotopic (exact) mass is 681 g/mol. The number of piperazine rings is 1. The van der Waals surface area contributed by atoms with Gasteiger partial charge < -0.3 is 26.0 Å². The van der Waals surface area contributed by atoms with Gasteiger partial charge in [0, 0.05) is 49.1 Å². The predicted octanol–water partition coefficient (Wildman–Crippen LogP) is 0.147. The number of nitrogens with zero attached hydrogens (tertiary/aromatic N) is 7. The van der Waals surface area contributed by atoms with Gasteiger partial charge in [-0.25, -0.2) is 18.2 Å². The molecule has 3 amide bonds. The van der Waals surface area contributed by atoms with Gasteiger partial charge in [-0.3, -0.25) is 9.59 Å². The Morgan fingerprint density at radius 2 is 1.96 bits per heavy atom. The minimum absolute atomic E-state index is 0.00824. The third kappa shape index (κ3) is 6.68. The van der Waals surface area contributed by atoms with Crippen molar-refractivity contribution >= 4 is 55.9 Å². The number of aliphatic imine (C=N–C) groups is 1. The Balaban J connectivity index is 1.25. The number of methoxy groups -OCH3 is 1. The van der Waals surface area contributed by atoms with Gasteiger partial charge in [0.25, 0.3) is 5.91 Å². The molecule has 2 aromatic carbocycles. The Bertz CT molecular complexity index is 1980. The van der Waals surface area contributed by atoms with Crippen molar-refractivity contribution < 1.29 is 27.5 Å². The Labute approximate surface area is 272 Å². The van der Waals surface area contributed by atoms with Crippen LogP contribution in [0, 0.1) is 0 Å². The second kappa shape index (κ2) is 13.1. The van der Waals surface area contributed by atoms with Crippen molar-refractivity contribution in [2.75, 3.05) is 26.7 Å². The lowest BCUT2D eigenvalue weighted by Crippen LogP contribution is -2.61.